The zero-order valence-electron chi connectivity index (χ0n) is 22.6. The molecule has 5 atom stereocenters. The number of hydrogen-bond donors (Lipinski definition) is 0. The number of hydrogen-bond acceptors (Lipinski definition) is 7. The van der Waals surface area contributed by atoms with Crippen LogP contribution in [-0.2, 0) is 33.2 Å². The van der Waals surface area contributed by atoms with Gasteiger partial charge in [-0.1, -0.05) is 66.7 Å². The van der Waals surface area contributed by atoms with E-state index in [0.717, 1.165) is 64.2 Å². The fraction of sp³-hybridized carbons (Fsp3) is 0.963. The van der Waals surface area contributed by atoms with E-state index in [0.29, 0.717) is 39.6 Å². The number of rotatable bonds is 22. The zero-order valence-corrected chi connectivity index (χ0v) is 22.6. The van der Waals surface area contributed by atoms with Crippen molar-refractivity contribution in [1.29, 1.82) is 0 Å². The number of carbonyl (C=O) groups is 1. The van der Waals surface area contributed by atoms with E-state index >= 15 is 0 Å². The molecule has 1 aliphatic heterocycles. The molecule has 0 radical (unpaired) electrons. The Kier molecular flexibility index (Phi) is 18.8. The van der Waals surface area contributed by atoms with Gasteiger partial charge in [-0.3, -0.25) is 0 Å². The van der Waals surface area contributed by atoms with Crippen molar-refractivity contribution in [2.24, 2.45) is 0 Å². The normalized spacial score (nSPS) is 23.7. The molecule has 7 heteroatoms. The molecule has 1 saturated heterocycles. The van der Waals surface area contributed by atoms with E-state index in [2.05, 4.69) is 34.6 Å². The molecular formula is C27H52O7. The van der Waals surface area contributed by atoms with Crippen molar-refractivity contribution in [2.75, 3.05) is 39.6 Å². The Morgan fingerprint density at radius 2 is 1.18 bits per heavy atom. The van der Waals surface area contributed by atoms with Gasteiger partial charge in [0.25, 0.3) is 0 Å². The van der Waals surface area contributed by atoms with Crippen LogP contribution in [0.5, 0.6) is 0 Å². The van der Waals surface area contributed by atoms with Crippen LogP contribution in [0.2, 0.25) is 0 Å². The van der Waals surface area contributed by atoms with Gasteiger partial charge in [-0.2, -0.15) is 0 Å². The molecule has 0 bridgehead atoms. The zero-order chi connectivity index (χ0) is 25.0. The van der Waals surface area contributed by atoms with E-state index in [4.69, 9.17) is 28.4 Å². The van der Waals surface area contributed by atoms with Gasteiger partial charge in [0, 0.05) is 33.0 Å². The van der Waals surface area contributed by atoms with Gasteiger partial charge in [0.1, 0.15) is 18.3 Å². The topological polar surface area (TPSA) is 72.5 Å². The predicted molar refractivity (Wildman–Crippen MR) is 134 cm³/mol. The van der Waals surface area contributed by atoms with Crippen LogP contribution in [0.25, 0.3) is 0 Å². The highest BCUT2D eigenvalue weighted by Gasteiger charge is 2.51. The van der Waals surface area contributed by atoms with Crippen LogP contribution in [0.4, 0.5) is 0 Å². The first kappa shape index (κ1) is 31.3. The van der Waals surface area contributed by atoms with Gasteiger partial charge >= 0.3 is 5.97 Å². The maximum absolute atomic E-state index is 13.1. The molecule has 0 aromatic heterocycles. The molecular weight excluding hydrogens is 436 g/mol. The summed E-state index contributed by atoms with van der Waals surface area (Å²) in [6.45, 7) is 13.8. The first-order chi connectivity index (χ1) is 16.6. The minimum absolute atomic E-state index is 0.359. The fourth-order valence-electron chi connectivity index (χ4n) is 3.73. The molecule has 0 spiro atoms. The summed E-state index contributed by atoms with van der Waals surface area (Å²) in [4.78, 5) is 13.1. The molecule has 202 valence electrons. The first-order valence-corrected chi connectivity index (χ1v) is 13.9. The summed E-state index contributed by atoms with van der Waals surface area (Å²) in [7, 11) is 0. The predicted octanol–water partition coefficient (Wildman–Crippen LogP) is 5.47. The van der Waals surface area contributed by atoms with Crippen molar-refractivity contribution < 1.29 is 33.2 Å². The minimum atomic E-state index is -0.788. The largest absolute Gasteiger partial charge is 0.455 e. The molecule has 7 nitrogen and oxygen atoms in total. The lowest BCUT2D eigenvalue weighted by Gasteiger charge is -2.43. The van der Waals surface area contributed by atoms with Gasteiger partial charge in [0.05, 0.1) is 6.61 Å². The van der Waals surface area contributed by atoms with Gasteiger partial charge in [-0.25, -0.2) is 4.79 Å². The summed E-state index contributed by atoms with van der Waals surface area (Å²) in [5.74, 6) is -0.393. The Morgan fingerprint density at radius 3 is 1.76 bits per heavy atom. The lowest BCUT2D eigenvalue weighted by molar-refractivity contribution is -0.246. The molecule has 1 heterocycles. The van der Waals surface area contributed by atoms with Crippen molar-refractivity contribution in [3.8, 4) is 0 Å². The Morgan fingerprint density at radius 1 is 0.676 bits per heavy atom. The van der Waals surface area contributed by atoms with Crippen molar-refractivity contribution in [3.63, 3.8) is 0 Å². The van der Waals surface area contributed by atoms with E-state index in [-0.39, 0.29) is 0 Å². The number of cyclic esters (lactones) is 1. The van der Waals surface area contributed by atoms with Crippen LogP contribution in [0.1, 0.15) is 98.8 Å². The third kappa shape index (κ3) is 11.8. The monoisotopic (exact) mass is 488 g/mol. The average Bonchev–Trinajstić information content (AvgIpc) is 2.83. The third-order valence-electron chi connectivity index (χ3n) is 5.96. The summed E-state index contributed by atoms with van der Waals surface area (Å²) in [6, 6.07) is 0. The van der Waals surface area contributed by atoms with Crippen molar-refractivity contribution in [3.05, 3.63) is 0 Å². The van der Waals surface area contributed by atoms with Crippen molar-refractivity contribution in [2.45, 2.75) is 129 Å². The Bertz CT molecular complexity index is 488. The molecule has 2 unspecified atom stereocenters. The Hall–Kier alpha value is -0.730. The summed E-state index contributed by atoms with van der Waals surface area (Å²) in [6.07, 6.45) is 6.96. The quantitative estimate of drug-likeness (QED) is 0.148. The molecule has 0 aromatic rings. The highest BCUT2D eigenvalue weighted by atomic mass is 16.6. The van der Waals surface area contributed by atoms with Crippen LogP contribution >= 0.6 is 0 Å². The maximum Gasteiger partial charge on any atom is 0.338 e. The summed E-state index contributed by atoms with van der Waals surface area (Å²) >= 11 is 0. The standard InChI is InChI=1S/C27H52O7/c1-6-11-16-29-21-22(30-17-12-7-2)23-24(31-18-13-8-3)25(32-19-14-9-4)26(27(28)34-23)33-20-15-10-5/h22-26H,6-21H2,1-5H3/t22-,23?,24-,25?,26-/m1/s1. The number of esters is 1. The van der Waals surface area contributed by atoms with E-state index in [1.165, 1.54) is 0 Å². The van der Waals surface area contributed by atoms with Gasteiger partial charge < -0.3 is 28.4 Å². The first-order valence-electron chi connectivity index (χ1n) is 13.9. The van der Waals surface area contributed by atoms with E-state index in [9.17, 15) is 4.79 Å². The Labute approximate surface area is 208 Å². The van der Waals surface area contributed by atoms with E-state index < -0.39 is 36.5 Å². The lowest BCUT2D eigenvalue weighted by atomic mass is 9.95. The third-order valence-corrected chi connectivity index (χ3v) is 5.96. The van der Waals surface area contributed by atoms with Gasteiger partial charge in [-0.05, 0) is 32.1 Å². The second-order valence-corrected chi connectivity index (χ2v) is 9.12. The fourth-order valence-corrected chi connectivity index (χ4v) is 3.73. The van der Waals surface area contributed by atoms with Crippen LogP contribution in [-0.4, -0.2) is 76.1 Å². The molecule has 0 saturated carbocycles. The summed E-state index contributed by atoms with van der Waals surface area (Å²) < 4.78 is 36.8. The maximum atomic E-state index is 13.1. The van der Waals surface area contributed by atoms with E-state index in [1.807, 2.05) is 0 Å². The second kappa shape index (κ2) is 20.5. The highest BCUT2D eigenvalue weighted by Crippen LogP contribution is 2.29. The molecule has 34 heavy (non-hydrogen) atoms. The van der Waals surface area contributed by atoms with Crippen LogP contribution in [0.15, 0.2) is 0 Å². The molecule has 0 aromatic carbocycles. The molecule has 0 amide bonds. The average molecular weight is 489 g/mol. The molecule has 1 rings (SSSR count). The van der Waals surface area contributed by atoms with Crippen molar-refractivity contribution in [1.82, 2.24) is 0 Å². The molecule has 1 aliphatic rings. The number of unbranched alkanes of at least 4 members (excludes halogenated alkanes) is 5. The van der Waals surface area contributed by atoms with Crippen LogP contribution in [0, 0.1) is 0 Å². The van der Waals surface area contributed by atoms with Crippen LogP contribution < -0.4 is 0 Å². The molecule has 1 fully saturated rings. The van der Waals surface area contributed by atoms with Gasteiger partial charge in [0.2, 0.25) is 0 Å². The Balaban J connectivity index is 3.12. The minimum Gasteiger partial charge on any atom is -0.455 e. The second-order valence-electron chi connectivity index (χ2n) is 9.12. The molecule has 0 aliphatic carbocycles. The number of ether oxygens (including phenoxy) is 6. The molecule has 0 N–H and O–H groups in total. The lowest BCUT2D eigenvalue weighted by Crippen LogP contribution is -2.62. The highest BCUT2D eigenvalue weighted by molar-refractivity contribution is 5.77. The van der Waals surface area contributed by atoms with Gasteiger partial charge in [0.15, 0.2) is 12.2 Å². The smallest absolute Gasteiger partial charge is 0.338 e. The van der Waals surface area contributed by atoms with Crippen LogP contribution in [0.3, 0.4) is 0 Å². The summed E-state index contributed by atoms with van der Waals surface area (Å²) in [5.41, 5.74) is 0. The SMILES string of the molecule is CCCCOC[C@@H](OCCCC)C1OC(=O)[C@H](OCCCC)C(OCCCC)[C@@H]1OCCCC. The van der Waals surface area contributed by atoms with Crippen molar-refractivity contribution >= 4 is 5.97 Å². The van der Waals surface area contributed by atoms with Gasteiger partial charge in [-0.15, -0.1) is 0 Å². The van der Waals surface area contributed by atoms with E-state index in [1.54, 1.807) is 0 Å². The summed E-state index contributed by atoms with van der Waals surface area (Å²) in [5, 5.41) is 0. The number of carbonyl (C=O) groups excluding carboxylic acids is 1.